The fraction of sp³-hybridized carbons (Fsp3) is 0.200. The smallest absolute Gasteiger partial charge is 0.196 e. The molecule has 0 spiro atoms. The molecule has 2 aromatic carbocycles. The molecule has 0 atom stereocenters. The molecule has 1 heterocycles. The van der Waals surface area contributed by atoms with Gasteiger partial charge in [-0.15, -0.1) is 0 Å². The highest BCUT2D eigenvalue weighted by molar-refractivity contribution is 6.39. The Morgan fingerprint density at radius 3 is 2.57 bits per heavy atom. The predicted octanol–water partition coefficient (Wildman–Crippen LogP) is 5.30. The van der Waals surface area contributed by atoms with Crippen molar-refractivity contribution in [2.75, 3.05) is 0 Å². The van der Waals surface area contributed by atoms with E-state index in [0.29, 0.717) is 16.1 Å². The van der Waals surface area contributed by atoms with Crippen molar-refractivity contribution >= 4 is 28.3 Å². The number of rotatable bonds is 3. The molecular formula is C20H18ClNO. The van der Waals surface area contributed by atoms with Gasteiger partial charge in [0.05, 0.1) is 16.1 Å². The topological polar surface area (TPSA) is 30.0 Å². The summed E-state index contributed by atoms with van der Waals surface area (Å²) in [6.07, 6.45) is 2.50. The highest BCUT2D eigenvalue weighted by atomic mass is 35.5. The van der Waals surface area contributed by atoms with E-state index in [2.05, 4.69) is 11.9 Å². The van der Waals surface area contributed by atoms with E-state index in [9.17, 15) is 4.79 Å². The van der Waals surface area contributed by atoms with Gasteiger partial charge in [0.2, 0.25) is 0 Å². The van der Waals surface area contributed by atoms with Gasteiger partial charge in [-0.3, -0.25) is 9.78 Å². The Kier molecular flexibility index (Phi) is 4.18. The second-order valence-electron chi connectivity index (χ2n) is 5.82. The molecule has 3 heteroatoms. The third kappa shape index (κ3) is 2.87. The van der Waals surface area contributed by atoms with Crippen LogP contribution in [0.2, 0.25) is 5.02 Å². The monoisotopic (exact) mass is 323 g/mol. The maximum Gasteiger partial charge on any atom is 0.196 e. The fourth-order valence-electron chi connectivity index (χ4n) is 2.62. The standard InChI is InChI=1S/C20H18ClNO/c1-4-14-6-8-18-16(10-14)19(21)17(11-22-18)20(23)15-7-5-12(2)13(3)9-15/h5-11H,4H2,1-3H3. The summed E-state index contributed by atoms with van der Waals surface area (Å²) in [5.41, 5.74) is 5.34. The maximum atomic E-state index is 12.8. The average Bonchev–Trinajstić information content (AvgIpc) is 2.57. The summed E-state index contributed by atoms with van der Waals surface area (Å²) >= 11 is 6.53. The minimum atomic E-state index is -0.0885. The molecule has 23 heavy (non-hydrogen) atoms. The first kappa shape index (κ1) is 15.7. The number of fused-ring (bicyclic) bond motifs is 1. The molecule has 3 aromatic rings. The molecule has 1 aromatic heterocycles. The van der Waals surface area contributed by atoms with Gasteiger partial charge in [-0.05, 0) is 55.2 Å². The molecule has 0 aliphatic carbocycles. The predicted molar refractivity (Wildman–Crippen MR) is 95.5 cm³/mol. The summed E-state index contributed by atoms with van der Waals surface area (Å²) in [5.74, 6) is -0.0885. The molecule has 0 N–H and O–H groups in total. The third-order valence-corrected chi connectivity index (χ3v) is 4.70. The van der Waals surface area contributed by atoms with Crippen molar-refractivity contribution in [3.05, 3.63) is 75.4 Å². The van der Waals surface area contributed by atoms with Crippen molar-refractivity contribution in [2.45, 2.75) is 27.2 Å². The van der Waals surface area contributed by atoms with Crippen LogP contribution in [0.5, 0.6) is 0 Å². The number of ketones is 1. The number of aryl methyl sites for hydroxylation is 3. The Balaban J connectivity index is 2.13. The molecule has 0 radical (unpaired) electrons. The van der Waals surface area contributed by atoms with Crippen LogP contribution in [0.3, 0.4) is 0 Å². The molecule has 0 fully saturated rings. The van der Waals surface area contributed by atoms with Crippen LogP contribution >= 0.6 is 11.6 Å². The summed E-state index contributed by atoms with van der Waals surface area (Å²) in [6, 6.07) is 11.7. The molecule has 3 rings (SSSR count). The SMILES string of the molecule is CCc1ccc2ncc(C(=O)c3ccc(C)c(C)c3)c(Cl)c2c1. The molecule has 0 amide bonds. The van der Waals surface area contributed by atoms with Gasteiger partial charge in [-0.25, -0.2) is 0 Å². The van der Waals surface area contributed by atoms with Crippen molar-refractivity contribution in [3.63, 3.8) is 0 Å². The van der Waals surface area contributed by atoms with E-state index in [0.717, 1.165) is 28.5 Å². The number of carbonyl (C=O) groups is 1. The lowest BCUT2D eigenvalue weighted by molar-refractivity contribution is 0.103. The van der Waals surface area contributed by atoms with E-state index >= 15 is 0 Å². The van der Waals surface area contributed by atoms with Crippen molar-refractivity contribution in [1.29, 1.82) is 0 Å². The van der Waals surface area contributed by atoms with E-state index in [1.807, 2.05) is 50.2 Å². The van der Waals surface area contributed by atoms with Crippen molar-refractivity contribution in [3.8, 4) is 0 Å². The van der Waals surface area contributed by atoms with E-state index in [-0.39, 0.29) is 5.78 Å². The number of halogens is 1. The highest BCUT2D eigenvalue weighted by Crippen LogP contribution is 2.28. The normalized spacial score (nSPS) is 11.0. The van der Waals surface area contributed by atoms with Crippen LogP contribution in [0, 0.1) is 13.8 Å². The summed E-state index contributed by atoms with van der Waals surface area (Å²) < 4.78 is 0. The largest absolute Gasteiger partial charge is 0.288 e. The van der Waals surface area contributed by atoms with Crippen molar-refractivity contribution in [2.24, 2.45) is 0 Å². The van der Waals surface area contributed by atoms with Crippen LogP contribution in [-0.2, 0) is 6.42 Å². The average molecular weight is 324 g/mol. The van der Waals surface area contributed by atoms with Gasteiger partial charge in [0.15, 0.2) is 5.78 Å². The van der Waals surface area contributed by atoms with Gasteiger partial charge in [0.25, 0.3) is 0 Å². The van der Waals surface area contributed by atoms with Crippen LogP contribution < -0.4 is 0 Å². The Labute approximate surface area is 141 Å². The number of hydrogen-bond donors (Lipinski definition) is 0. The first-order chi connectivity index (χ1) is 11.0. The Morgan fingerprint density at radius 2 is 1.87 bits per heavy atom. The van der Waals surface area contributed by atoms with E-state index in [4.69, 9.17) is 11.6 Å². The zero-order chi connectivity index (χ0) is 16.6. The molecule has 0 unspecified atom stereocenters. The zero-order valence-corrected chi connectivity index (χ0v) is 14.2. The van der Waals surface area contributed by atoms with Gasteiger partial charge in [0.1, 0.15) is 0 Å². The Morgan fingerprint density at radius 1 is 1.09 bits per heavy atom. The lowest BCUT2D eigenvalue weighted by Gasteiger charge is -2.09. The number of aromatic nitrogens is 1. The number of pyridine rings is 1. The number of nitrogens with zero attached hydrogens (tertiary/aromatic N) is 1. The van der Waals surface area contributed by atoms with Crippen LogP contribution in [0.1, 0.15) is 39.5 Å². The summed E-state index contributed by atoms with van der Waals surface area (Å²) in [4.78, 5) is 17.2. The summed E-state index contributed by atoms with van der Waals surface area (Å²) in [5, 5.41) is 1.31. The van der Waals surface area contributed by atoms with Crippen LogP contribution in [0.15, 0.2) is 42.6 Å². The summed E-state index contributed by atoms with van der Waals surface area (Å²) in [6.45, 7) is 6.12. The van der Waals surface area contributed by atoms with Gasteiger partial charge >= 0.3 is 0 Å². The molecular weight excluding hydrogens is 306 g/mol. The number of carbonyl (C=O) groups excluding carboxylic acids is 1. The second kappa shape index (κ2) is 6.13. The summed E-state index contributed by atoms with van der Waals surface area (Å²) in [7, 11) is 0. The van der Waals surface area contributed by atoms with Crippen LogP contribution in [0.4, 0.5) is 0 Å². The molecule has 0 saturated heterocycles. The first-order valence-corrected chi connectivity index (χ1v) is 8.08. The zero-order valence-electron chi connectivity index (χ0n) is 13.5. The number of benzene rings is 2. The van der Waals surface area contributed by atoms with Gasteiger partial charge in [-0.1, -0.05) is 36.7 Å². The first-order valence-electron chi connectivity index (χ1n) is 7.70. The lowest BCUT2D eigenvalue weighted by Crippen LogP contribution is -2.04. The van der Waals surface area contributed by atoms with Gasteiger partial charge in [0, 0.05) is 17.1 Å². The van der Waals surface area contributed by atoms with Gasteiger partial charge < -0.3 is 0 Å². The highest BCUT2D eigenvalue weighted by Gasteiger charge is 2.16. The quantitative estimate of drug-likeness (QED) is 0.612. The molecule has 0 saturated carbocycles. The van der Waals surface area contributed by atoms with E-state index in [1.165, 1.54) is 5.56 Å². The van der Waals surface area contributed by atoms with Crippen molar-refractivity contribution in [1.82, 2.24) is 4.98 Å². The fourth-order valence-corrected chi connectivity index (χ4v) is 2.91. The lowest BCUT2D eigenvalue weighted by atomic mass is 9.99. The van der Waals surface area contributed by atoms with E-state index in [1.54, 1.807) is 6.20 Å². The minimum absolute atomic E-state index is 0.0885. The molecule has 0 bridgehead atoms. The Hall–Kier alpha value is -2.19. The third-order valence-electron chi connectivity index (χ3n) is 4.29. The van der Waals surface area contributed by atoms with E-state index < -0.39 is 0 Å². The second-order valence-corrected chi connectivity index (χ2v) is 6.20. The van der Waals surface area contributed by atoms with Crippen LogP contribution in [-0.4, -0.2) is 10.8 Å². The minimum Gasteiger partial charge on any atom is -0.288 e. The van der Waals surface area contributed by atoms with Gasteiger partial charge in [-0.2, -0.15) is 0 Å². The molecule has 2 nitrogen and oxygen atoms in total. The molecule has 0 aliphatic heterocycles. The van der Waals surface area contributed by atoms with Crippen molar-refractivity contribution < 1.29 is 4.79 Å². The van der Waals surface area contributed by atoms with Crippen LogP contribution in [0.25, 0.3) is 10.9 Å². The maximum absolute atomic E-state index is 12.8. The number of hydrogen-bond acceptors (Lipinski definition) is 2. The molecule has 0 aliphatic rings. The molecule has 116 valence electrons. The Bertz CT molecular complexity index is 915.